The van der Waals surface area contributed by atoms with E-state index in [1.54, 1.807) is 13.2 Å². The predicted octanol–water partition coefficient (Wildman–Crippen LogP) is 1.19. The fourth-order valence-electron chi connectivity index (χ4n) is 1.39. The van der Waals surface area contributed by atoms with E-state index in [0.717, 1.165) is 5.56 Å². The third-order valence-electron chi connectivity index (χ3n) is 2.01. The Kier molecular flexibility index (Phi) is 4.12. The molecule has 0 aliphatic rings. The molecule has 0 spiro atoms. The van der Waals surface area contributed by atoms with E-state index in [2.05, 4.69) is 5.32 Å². The lowest BCUT2D eigenvalue weighted by molar-refractivity contribution is -0.114. The van der Waals surface area contributed by atoms with Gasteiger partial charge in [-0.25, -0.2) is 0 Å². The first-order chi connectivity index (χ1) is 7.19. The number of carbonyl (C=O) groups is 1. The van der Waals surface area contributed by atoms with Gasteiger partial charge in [-0.15, -0.1) is 0 Å². The molecule has 0 atom stereocenters. The molecule has 0 fully saturated rings. The topological polar surface area (TPSA) is 58.6 Å². The quantitative estimate of drug-likeness (QED) is 0.783. The summed E-state index contributed by atoms with van der Waals surface area (Å²) in [5, 5.41) is 11.6. The van der Waals surface area contributed by atoms with E-state index < -0.39 is 0 Å². The van der Waals surface area contributed by atoms with Gasteiger partial charge in [-0.3, -0.25) is 4.79 Å². The van der Waals surface area contributed by atoms with Crippen LogP contribution >= 0.6 is 0 Å². The second kappa shape index (κ2) is 5.36. The molecule has 1 amide bonds. The molecule has 15 heavy (non-hydrogen) atoms. The van der Waals surface area contributed by atoms with E-state index in [9.17, 15) is 4.79 Å². The SMILES string of the molecule is COc1cccc(CCO)c1NC(C)=O. The number of hydrogen-bond acceptors (Lipinski definition) is 3. The van der Waals surface area contributed by atoms with Crippen LogP contribution in [0.5, 0.6) is 5.75 Å². The van der Waals surface area contributed by atoms with Gasteiger partial charge in [-0.05, 0) is 18.1 Å². The van der Waals surface area contributed by atoms with E-state index in [1.165, 1.54) is 6.92 Å². The molecule has 1 aromatic rings. The number of anilines is 1. The van der Waals surface area contributed by atoms with Gasteiger partial charge in [0.05, 0.1) is 12.8 Å². The maximum Gasteiger partial charge on any atom is 0.221 e. The third kappa shape index (κ3) is 2.95. The number of amides is 1. The van der Waals surface area contributed by atoms with Crippen molar-refractivity contribution in [1.82, 2.24) is 0 Å². The van der Waals surface area contributed by atoms with Crippen LogP contribution in [0.15, 0.2) is 18.2 Å². The minimum atomic E-state index is -0.154. The van der Waals surface area contributed by atoms with Crippen LogP contribution in [0.4, 0.5) is 5.69 Å². The molecule has 0 heterocycles. The summed E-state index contributed by atoms with van der Waals surface area (Å²) in [6, 6.07) is 5.45. The van der Waals surface area contributed by atoms with Crippen LogP contribution in [0.1, 0.15) is 12.5 Å². The lowest BCUT2D eigenvalue weighted by Gasteiger charge is -2.13. The van der Waals surface area contributed by atoms with Crippen molar-refractivity contribution in [3.63, 3.8) is 0 Å². The minimum absolute atomic E-state index is 0.0414. The van der Waals surface area contributed by atoms with Crippen molar-refractivity contribution in [2.24, 2.45) is 0 Å². The van der Waals surface area contributed by atoms with Gasteiger partial charge in [-0.2, -0.15) is 0 Å². The van der Waals surface area contributed by atoms with Gasteiger partial charge in [0.25, 0.3) is 0 Å². The average molecular weight is 209 g/mol. The Morgan fingerprint density at radius 3 is 2.80 bits per heavy atom. The van der Waals surface area contributed by atoms with Crippen LogP contribution in [-0.4, -0.2) is 24.7 Å². The lowest BCUT2D eigenvalue weighted by Crippen LogP contribution is -2.10. The van der Waals surface area contributed by atoms with Gasteiger partial charge in [0, 0.05) is 13.5 Å². The smallest absolute Gasteiger partial charge is 0.221 e. The summed E-state index contributed by atoms with van der Waals surface area (Å²) in [5.41, 5.74) is 1.51. The maximum atomic E-state index is 11.0. The summed E-state index contributed by atoms with van der Waals surface area (Å²) in [7, 11) is 1.55. The van der Waals surface area contributed by atoms with Gasteiger partial charge in [-0.1, -0.05) is 12.1 Å². The van der Waals surface area contributed by atoms with Crippen LogP contribution in [0.3, 0.4) is 0 Å². The number of methoxy groups -OCH3 is 1. The number of aliphatic hydroxyl groups is 1. The Balaban J connectivity index is 3.08. The van der Waals surface area contributed by atoms with Crippen molar-refractivity contribution in [2.75, 3.05) is 19.0 Å². The van der Waals surface area contributed by atoms with Crippen LogP contribution < -0.4 is 10.1 Å². The molecular weight excluding hydrogens is 194 g/mol. The van der Waals surface area contributed by atoms with E-state index >= 15 is 0 Å². The number of benzene rings is 1. The van der Waals surface area contributed by atoms with Crippen LogP contribution in [0.25, 0.3) is 0 Å². The molecule has 0 radical (unpaired) electrons. The number of rotatable bonds is 4. The Morgan fingerprint density at radius 1 is 1.53 bits per heavy atom. The molecule has 1 aromatic carbocycles. The highest BCUT2D eigenvalue weighted by Gasteiger charge is 2.09. The molecule has 4 heteroatoms. The molecule has 1 rings (SSSR count). The van der Waals surface area contributed by atoms with Gasteiger partial charge in [0.1, 0.15) is 5.75 Å². The predicted molar refractivity (Wildman–Crippen MR) is 58.1 cm³/mol. The van der Waals surface area contributed by atoms with Crippen LogP contribution in [0, 0.1) is 0 Å². The zero-order valence-corrected chi connectivity index (χ0v) is 8.91. The maximum absolute atomic E-state index is 11.0. The van der Waals surface area contributed by atoms with Crippen molar-refractivity contribution in [3.8, 4) is 5.75 Å². The second-order valence-electron chi connectivity index (χ2n) is 3.15. The summed E-state index contributed by atoms with van der Waals surface area (Å²) in [5.74, 6) is 0.454. The lowest BCUT2D eigenvalue weighted by atomic mass is 10.1. The Morgan fingerprint density at radius 2 is 2.27 bits per heavy atom. The molecule has 4 nitrogen and oxygen atoms in total. The fraction of sp³-hybridized carbons (Fsp3) is 0.364. The van der Waals surface area contributed by atoms with Gasteiger partial charge < -0.3 is 15.2 Å². The number of hydrogen-bond donors (Lipinski definition) is 2. The van der Waals surface area contributed by atoms with E-state index in [4.69, 9.17) is 9.84 Å². The van der Waals surface area contributed by atoms with E-state index in [0.29, 0.717) is 17.9 Å². The first kappa shape index (κ1) is 11.5. The summed E-state index contributed by atoms with van der Waals surface area (Å²) >= 11 is 0. The largest absolute Gasteiger partial charge is 0.495 e. The molecule has 0 aliphatic heterocycles. The molecule has 0 saturated carbocycles. The Hall–Kier alpha value is -1.55. The van der Waals surface area contributed by atoms with E-state index in [-0.39, 0.29) is 12.5 Å². The normalized spacial score (nSPS) is 9.80. The monoisotopic (exact) mass is 209 g/mol. The van der Waals surface area contributed by atoms with Crippen molar-refractivity contribution in [3.05, 3.63) is 23.8 Å². The molecule has 0 bridgehead atoms. The zero-order chi connectivity index (χ0) is 11.3. The van der Waals surface area contributed by atoms with Gasteiger partial charge >= 0.3 is 0 Å². The zero-order valence-electron chi connectivity index (χ0n) is 8.91. The number of carbonyl (C=O) groups excluding carboxylic acids is 1. The van der Waals surface area contributed by atoms with Crippen molar-refractivity contribution >= 4 is 11.6 Å². The number of aliphatic hydroxyl groups excluding tert-OH is 1. The number of para-hydroxylation sites is 1. The third-order valence-corrected chi connectivity index (χ3v) is 2.01. The van der Waals surface area contributed by atoms with Crippen LogP contribution in [0.2, 0.25) is 0 Å². The standard InChI is InChI=1S/C11H15NO3/c1-8(14)12-11-9(6-7-13)4-3-5-10(11)15-2/h3-5,13H,6-7H2,1-2H3,(H,12,14). The molecule has 0 aliphatic carbocycles. The van der Waals surface area contributed by atoms with Gasteiger partial charge in [0.15, 0.2) is 0 Å². The van der Waals surface area contributed by atoms with E-state index in [1.807, 2.05) is 12.1 Å². The second-order valence-corrected chi connectivity index (χ2v) is 3.15. The minimum Gasteiger partial charge on any atom is -0.495 e. The highest BCUT2D eigenvalue weighted by Crippen LogP contribution is 2.28. The van der Waals surface area contributed by atoms with Crippen molar-refractivity contribution in [1.29, 1.82) is 0 Å². The molecule has 0 saturated heterocycles. The number of nitrogens with one attached hydrogen (secondary N) is 1. The molecular formula is C11H15NO3. The first-order valence-electron chi connectivity index (χ1n) is 4.73. The average Bonchev–Trinajstić information content (AvgIpc) is 2.20. The Bertz CT molecular complexity index is 350. The highest BCUT2D eigenvalue weighted by molar-refractivity contribution is 5.91. The number of ether oxygens (including phenoxy) is 1. The summed E-state index contributed by atoms with van der Waals surface area (Å²) in [4.78, 5) is 11.0. The summed E-state index contributed by atoms with van der Waals surface area (Å²) < 4.78 is 5.14. The summed E-state index contributed by atoms with van der Waals surface area (Å²) in [6.07, 6.45) is 0.493. The van der Waals surface area contributed by atoms with Gasteiger partial charge in [0.2, 0.25) is 5.91 Å². The highest BCUT2D eigenvalue weighted by atomic mass is 16.5. The van der Waals surface area contributed by atoms with Crippen LogP contribution in [-0.2, 0) is 11.2 Å². The summed E-state index contributed by atoms with van der Waals surface area (Å²) in [6.45, 7) is 1.48. The molecule has 0 unspecified atom stereocenters. The van der Waals surface area contributed by atoms with Crippen molar-refractivity contribution in [2.45, 2.75) is 13.3 Å². The molecule has 2 N–H and O–H groups in total. The molecule has 82 valence electrons. The molecule has 0 aromatic heterocycles. The van der Waals surface area contributed by atoms with Crippen molar-refractivity contribution < 1.29 is 14.6 Å². The first-order valence-corrected chi connectivity index (χ1v) is 4.73. The Labute approximate surface area is 88.9 Å². The fourth-order valence-corrected chi connectivity index (χ4v) is 1.39.